The van der Waals surface area contributed by atoms with Gasteiger partial charge < -0.3 is 5.32 Å². The highest BCUT2D eigenvalue weighted by molar-refractivity contribution is 9.10. The Morgan fingerprint density at radius 1 is 1.29 bits per heavy atom. The van der Waals surface area contributed by atoms with Gasteiger partial charge in [0.1, 0.15) is 0 Å². The molecule has 0 aliphatic heterocycles. The van der Waals surface area contributed by atoms with Crippen LogP contribution in [0.1, 0.15) is 23.4 Å². The van der Waals surface area contributed by atoms with Crippen molar-refractivity contribution in [1.29, 1.82) is 0 Å². The number of benzene rings is 1. The fraction of sp³-hybridized carbons (Fsp3) is 0.231. The smallest absolute Gasteiger partial charge is 0.0406 e. The molecule has 1 nitrogen and oxygen atoms in total. The molecule has 0 saturated carbocycles. The van der Waals surface area contributed by atoms with Crippen molar-refractivity contribution in [2.45, 2.75) is 19.5 Å². The Hall–Kier alpha value is -0.350. The lowest BCUT2D eigenvalue weighted by Crippen LogP contribution is -2.17. The van der Waals surface area contributed by atoms with Gasteiger partial charge in [0.05, 0.1) is 0 Å². The molecule has 90 valence electrons. The number of halogens is 2. The summed E-state index contributed by atoms with van der Waals surface area (Å²) in [4.78, 5) is 1.32. The predicted molar refractivity (Wildman–Crippen MR) is 78.7 cm³/mol. The third kappa shape index (κ3) is 3.55. The lowest BCUT2D eigenvalue weighted by atomic mass is 10.1. The highest BCUT2D eigenvalue weighted by Crippen LogP contribution is 2.23. The molecule has 0 radical (unpaired) electrons. The van der Waals surface area contributed by atoms with Gasteiger partial charge in [-0.05, 0) is 52.0 Å². The molecule has 0 spiro atoms. The van der Waals surface area contributed by atoms with E-state index in [9.17, 15) is 0 Å². The summed E-state index contributed by atoms with van der Waals surface area (Å²) < 4.78 is 1.18. The topological polar surface area (TPSA) is 12.0 Å². The molecule has 1 N–H and O–H groups in total. The Balaban J connectivity index is 1.95. The van der Waals surface area contributed by atoms with Crippen LogP contribution in [0.4, 0.5) is 0 Å². The molecule has 0 fully saturated rings. The van der Waals surface area contributed by atoms with E-state index in [1.807, 2.05) is 12.1 Å². The molecule has 0 saturated heterocycles. The minimum absolute atomic E-state index is 0.321. The Kier molecular flexibility index (Phi) is 4.62. The van der Waals surface area contributed by atoms with Crippen LogP contribution in [0.15, 0.2) is 40.2 Å². The summed E-state index contributed by atoms with van der Waals surface area (Å²) >= 11 is 11.2. The largest absolute Gasteiger partial charge is 0.305 e. The summed E-state index contributed by atoms with van der Waals surface area (Å²) in [6.45, 7) is 3.03. The second-order valence-electron chi connectivity index (χ2n) is 3.85. The monoisotopic (exact) mass is 329 g/mol. The molecule has 1 heterocycles. The lowest BCUT2D eigenvalue weighted by molar-refractivity contribution is 0.578. The number of hydrogen-bond acceptors (Lipinski definition) is 2. The van der Waals surface area contributed by atoms with Crippen LogP contribution in [0, 0.1) is 0 Å². The third-order valence-electron chi connectivity index (χ3n) is 2.63. The average molecular weight is 331 g/mol. The highest BCUT2D eigenvalue weighted by atomic mass is 79.9. The summed E-state index contributed by atoms with van der Waals surface area (Å²) in [6, 6.07) is 10.4. The second-order valence-corrected chi connectivity index (χ2v) is 6.14. The Morgan fingerprint density at radius 2 is 2.00 bits per heavy atom. The predicted octanol–water partition coefficient (Wildman–Crippen LogP) is 5.01. The van der Waals surface area contributed by atoms with Crippen LogP contribution in [0.3, 0.4) is 0 Å². The number of thiophene rings is 1. The zero-order chi connectivity index (χ0) is 12.3. The van der Waals surface area contributed by atoms with Gasteiger partial charge >= 0.3 is 0 Å². The van der Waals surface area contributed by atoms with Gasteiger partial charge in [-0.1, -0.05) is 23.7 Å². The van der Waals surface area contributed by atoms with Crippen molar-refractivity contribution in [3.8, 4) is 0 Å². The Bertz CT molecular complexity index is 480. The molecule has 2 rings (SSSR count). The van der Waals surface area contributed by atoms with Gasteiger partial charge in [-0.2, -0.15) is 0 Å². The van der Waals surface area contributed by atoms with Crippen LogP contribution in [0.5, 0.6) is 0 Å². The van der Waals surface area contributed by atoms with E-state index in [1.165, 1.54) is 14.9 Å². The minimum Gasteiger partial charge on any atom is -0.305 e. The van der Waals surface area contributed by atoms with Gasteiger partial charge in [0.2, 0.25) is 0 Å². The van der Waals surface area contributed by atoms with E-state index in [4.69, 9.17) is 11.6 Å². The summed E-state index contributed by atoms with van der Waals surface area (Å²) in [6.07, 6.45) is 0. The van der Waals surface area contributed by atoms with Crippen molar-refractivity contribution in [3.63, 3.8) is 0 Å². The van der Waals surface area contributed by atoms with Crippen molar-refractivity contribution in [2.24, 2.45) is 0 Å². The van der Waals surface area contributed by atoms with Crippen molar-refractivity contribution < 1.29 is 0 Å². The quantitative estimate of drug-likeness (QED) is 0.830. The third-order valence-corrected chi connectivity index (χ3v) is 4.81. The van der Waals surface area contributed by atoms with Gasteiger partial charge in [-0.15, -0.1) is 11.3 Å². The Labute approximate surface area is 119 Å². The van der Waals surface area contributed by atoms with E-state index in [-0.39, 0.29) is 0 Å². The molecule has 17 heavy (non-hydrogen) atoms. The first-order valence-electron chi connectivity index (χ1n) is 5.37. The maximum absolute atomic E-state index is 5.87. The summed E-state index contributed by atoms with van der Waals surface area (Å²) in [5.74, 6) is 0. The maximum Gasteiger partial charge on any atom is 0.0406 e. The average Bonchev–Trinajstić information content (AvgIpc) is 2.73. The zero-order valence-corrected chi connectivity index (χ0v) is 12.6. The summed E-state index contributed by atoms with van der Waals surface area (Å²) in [5.41, 5.74) is 1.25. The Morgan fingerprint density at radius 3 is 2.59 bits per heavy atom. The molecule has 4 heteroatoms. The van der Waals surface area contributed by atoms with Gasteiger partial charge in [0, 0.05) is 27.0 Å². The minimum atomic E-state index is 0.321. The summed E-state index contributed by atoms with van der Waals surface area (Å²) in [5, 5.41) is 6.37. The van der Waals surface area contributed by atoms with Crippen molar-refractivity contribution in [3.05, 3.63) is 55.6 Å². The zero-order valence-electron chi connectivity index (χ0n) is 9.41. The maximum atomic E-state index is 5.87. The lowest BCUT2D eigenvalue weighted by Gasteiger charge is -2.13. The molecular formula is C13H13BrClNS. The van der Waals surface area contributed by atoms with Gasteiger partial charge in [0.15, 0.2) is 0 Å². The fourth-order valence-electron chi connectivity index (χ4n) is 1.57. The van der Waals surface area contributed by atoms with Crippen LogP contribution >= 0.6 is 38.9 Å². The SMILES string of the molecule is C[C@H](NCc1sccc1Br)c1ccc(Cl)cc1. The second kappa shape index (κ2) is 6.01. The molecule has 0 aliphatic rings. The van der Waals surface area contributed by atoms with Gasteiger partial charge in [-0.25, -0.2) is 0 Å². The van der Waals surface area contributed by atoms with E-state index in [0.717, 1.165) is 11.6 Å². The first kappa shape index (κ1) is 13.1. The molecule has 0 unspecified atom stereocenters. The molecule has 2 aromatic rings. The number of hydrogen-bond donors (Lipinski definition) is 1. The number of nitrogens with one attached hydrogen (secondary N) is 1. The van der Waals surface area contributed by atoms with Crippen LogP contribution in [-0.4, -0.2) is 0 Å². The molecular weight excluding hydrogens is 318 g/mol. The molecule has 1 aromatic carbocycles. The van der Waals surface area contributed by atoms with Crippen molar-refractivity contribution in [2.75, 3.05) is 0 Å². The normalized spacial score (nSPS) is 12.6. The van der Waals surface area contributed by atoms with Crippen LogP contribution in [-0.2, 0) is 6.54 Å². The molecule has 1 aromatic heterocycles. The van der Waals surface area contributed by atoms with Crippen LogP contribution in [0.2, 0.25) is 5.02 Å². The number of rotatable bonds is 4. The van der Waals surface area contributed by atoms with Crippen LogP contribution < -0.4 is 5.32 Å². The fourth-order valence-corrected chi connectivity index (χ4v) is 3.14. The molecule has 0 bridgehead atoms. The highest BCUT2D eigenvalue weighted by Gasteiger charge is 2.06. The van der Waals surface area contributed by atoms with Gasteiger partial charge in [0.25, 0.3) is 0 Å². The first-order chi connectivity index (χ1) is 8.16. The van der Waals surface area contributed by atoms with Crippen LogP contribution in [0.25, 0.3) is 0 Å². The van der Waals surface area contributed by atoms with E-state index < -0.39 is 0 Å². The molecule has 1 atom stereocenters. The van der Waals surface area contributed by atoms with E-state index in [2.05, 4.69) is 51.7 Å². The van der Waals surface area contributed by atoms with Crippen molar-refractivity contribution >= 4 is 38.9 Å². The standard InChI is InChI=1S/C13H13BrClNS/c1-9(10-2-4-11(15)5-3-10)16-8-13-12(14)6-7-17-13/h2-7,9,16H,8H2,1H3/t9-/m0/s1. The van der Waals surface area contributed by atoms with Gasteiger partial charge in [-0.3, -0.25) is 0 Å². The van der Waals surface area contributed by atoms with E-state index in [1.54, 1.807) is 11.3 Å². The van der Waals surface area contributed by atoms with E-state index in [0.29, 0.717) is 6.04 Å². The first-order valence-corrected chi connectivity index (χ1v) is 7.42. The van der Waals surface area contributed by atoms with Crippen molar-refractivity contribution in [1.82, 2.24) is 5.32 Å². The summed E-state index contributed by atoms with van der Waals surface area (Å²) in [7, 11) is 0. The molecule has 0 aliphatic carbocycles. The molecule has 0 amide bonds. The van der Waals surface area contributed by atoms with E-state index >= 15 is 0 Å².